The molecular formula is C39H69O10P. The van der Waals surface area contributed by atoms with Crippen LogP contribution >= 0.6 is 7.82 Å². The minimum Gasteiger partial charge on any atom is -0.459 e. The van der Waals surface area contributed by atoms with Gasteiger partial charge in [0.05, 0.1) is 0 Å². The molecular weight excluding hydrogens is 659 g/mol. The van der Waals surface area contributed by atoms with Gasteiger partial charge in [0.1, 0.15) is 36.6 Å². The number of hydrogen-bond donors (Lipinski definition) is 0. The average Bonchev–Trinajstić information content (AvgIpc) is 3.12. The predicted octanol–water partition coefficient (Wildman–Crippen LogP) is 10.7. The molecule has 0 aliphatic heterocycles. The molecule has 0 aromatic heterocycles. The van der Waals surface area contributed by atoms with E-state index in [9.17, 15) is 14.4 Å². The van der Waals surface area contributed by atoms with Crippen molar-refractivity contribution in [3.05, 3.63) is 38.0 Å². The fraction of sp³-hybridized carbons (Fsp3) is 0.769. The second-order valence-electron chi connectivity index (χ2n) is 13.3. The molecule has 0 fully saturated rings. The fourth-order valence-electron chi connectivity index (χ4n) is 5.71. The van der Waals surface area contributed by atoms with Crippen molar-refractivity contribution in [2.24, 2.45) is 0 Å². The van der Waals surface area contributed by atoms with Gasteiger partial charge in [0.2, 0.25) is 0 Å². The van der Waals surface area contributed by atoms with Gasteiger partial charge in [-0.2, -0.15) is 0 Å². The van der Waals surface area contributed by atoms with E-state index in [0.29, 0.717) is 77.0 Å². The van der Waals surface area contributed by atoms with Crippen LogP contribution in [-0.4, -0.2) is 54.5 Å². The maximum atomic E-state index is 15.8. The van der Waals surface area contributed by atoms with E-state index in [1.165, 1.54) is 0 Å². The van der Waals surface area contributed by atoms with Crippen molar-refractivity contribution in [1.29, 1.82) is 0 Å². The Morgan fingerprint density at radius 3 is 0.820 bits per heavy atom. The van der Waals surface area contributed by atoms with Crippen LogP contribution in [0.4, 0.5) is 0 Å². The van der Waals surface area contributed by atoms with Gasteiger partial charge in [-0.1, -0.05) is 138 Å². The Labute approximate surface area is 303 Å². The lowest BCUT2D eigenvalue weighted by Gasteiger charge is -2.43. The quantitative estimate of drug-likeness (QED) is 0.0279. The molecule has 0 aromatic rings. The predicted molar refractivity (Wildman–Crippen MR) is 200 cm³/mol. The first-order valence-corrected chi connectivity index (χ1v) is 20.4. The van der Waals surface area contributed by atoms with E-state index in [1.807, 2.05) is 41.5 Å². The Morgan fingerprint density at radius 1 is 0.460 bits per heavy atom. The highest BCUT2D eigenvalue weighted by Gasteiger charge is 2.52. The number of rotatable bonds is 33. The van der Waals surface area contributed by atoms with Gasteiger partial charge >= 0.3 is 25.7 Å². The van der Waals surface area contributed by atoms with Gasteiger partial charge in [0.15, 0.2) is 0 Å². The zero-order valence-corrected chi connectivity index (χ0v) is 33.1. The smallest absolute Gasteiger partial charge is 0.459 e. The highest BCUT2D eigenvalue weighted by Crippen LogP contribution is 2.62. The molecule has 0 unspecified atom stereocenters. The molecule has 0 bridgehead atoms. The molecule has 0 aliphatic carbocycles. The Bertz CT molecular complexity index is 903. The van der Waals surface area contributed by atoms with Gasteiger partial charge in [-0.3, -0.25) is 13.6 Å². The number of hydrogen-bond acceptors (Lipinski definition) is 10. The number of unbranched alkanes of at least 4 members (excludes halogenated alkanes) is 6. The maximum absolute atomic E-state index is 15.8. The van der Waals surface area contributed by atoms with Crippen molar-refractivity contribution < 1.29 is 46.7 Å². The Hall–Kier alpha value is -2.26. The lowest BCUT2D eigenvalue weighted by molar-refractivity contribution is -0.158. The molecule has 10 nitrogen and oxygen atoms in total. The Morgan fingerprint density at radius 2 is 0.660 bits per heavy atom. The second kappa shape index (κ2) is 26.5. The van der Waals surface area contributed by atoms with Gasteiger partial charge in [0.25, 0.3) is 0 Å². The third-order valence-electron chi connectivity index (χ3n) is 8.76. The Balaban J connectivity index is 7.74. The molecule has 290 valence electrons. The molecule has 0 aromatic carbocycles. The van der Waals surface area contributed by atoms with Gasteiger partial charge in [0, 0.05) is 18.2 Å². The molecule has 0 saturated carbocycles. The van der Waals surface area contributed by atoms with E-state index in [-0.39, 0.29) is 19.8 Å². The van der Waals surface area contributed by atoms with E-state index >= 15 is 4.57 Å². The standard InChI is InChI=1S/C39H69O10P/c1-10-19-25-37(26-20-11-2,31-44-34(40)16-7)47-50(43,48-38(27-21-12-3,28-22-13-4)32-45-35(41)17-8)49-39(29-23-14-5,30-24-15-6)33-46-36(42)18-9/h16-18H,7-15,19-33H2,1-6H3. The van der Waals surface area contributed by atoms with Gasteiger partial charge in [-0.25, -0.2) is 18.9 Å². The molecule has 0 rings (SSSR count). The highest BCUT2D eigenvalue weighted by atomic mass is 31.2. The largest absolute Gasteiger partial charge is 0.476 e. The monoisotopic (exact) mass is 728 g/mol. The maximum Gasteiger partial charge on any atom is 0.476 e. The lowest BCUT2D eigenvalue weighted by Crippen LogP contribution is -2.45. The summed E-state index contributed by atoms with van der Waals surface area (Å²) in [6.45, 7) is 22.3. The van der Waals surface area contributed by atoms with Gasteiger partial charge < -0.3 is 14.2 Å². The molecule has 0 heterocycles. The molecule has 50 heavy (non-hydrogen) atoms. The van der Waals surface area contributed by atoms with E-state index < -0.39 is 42.5 Å². The van der Waals surface area contributed by atoms with Crippen LogP contribution in [-0.2, 0) is 46.7 Å². The third kappa shape index (κ3) is 18.8. The number of esters is 3. The van der Waals surface area contributed by atoms with Crippen LogP contribution in [0.3, 0.4) is 0 Å². The van der Waals surface area contributed by atoms with E-state index in [4.69, 9.17) is 27.8 Å². The summed E-state index contributed by atoms with van der Waals surface area (Å²) >= 11 is 0. The van der Waals surface area contributed by atoms with Crippen molar-refractivity contribution in [3.63, 3.8) is 0 Å². The van der Waals surface area contributed by atoms with Crippen molar-refractivity contribution in [2.75, 3.05) is 19.8 Å². The zero-order valence-electron chi connectivity index (χ0n) is 32.2. The molecule has 0 N–H and O–H groups in total. The molecule has 0 radical (unpaired) electrons. The van der Waals surface area contributed by atoms with Crippen molar-refractivity contribution in [1.82, 2.24) is 0 Å². The minimum atomic E-state index is -4.68. The summed E-state index contributed by atoms with van der Waals surface area (Å²) in [7, 11) is -4.68. The topological polar surface area (TPSA) is 124 Å². The minimum absolute atomic E-state index is 0.195. The van der Waals surface area contributed by atoms with Crippen LogP contribution in [0.5, 0.6) is 0 Å². The van der Waals surface area contributed by atoms with E-state index in [1.54, 1.807) is 0 Å². The molecule has 0 atom stereocenters. The first kappa shape index (κ1) is 47.7. The van der Waals surface area contributed by atoms with Crippen LogP contribution in [0.2, 0.25) is 0 Å². The number of carbonyl (C=O) groups excluding carboxylic acids is 3. The highest BCUT2D eigenvalue weighted by molar-refractivity contribution is 7.48. The zero-order chi connectivity index (χ0) is 37.9. The molecule has 0 spiro atoms. The van der Waals surface area contributed by atoms with Crippen molar-refractivity contribution in [3.8, 4) is 0 Å². The van der Waals surface area contributed by atoms with Crippen molar-refractivity contribution >= 4 is 25.7 Å². The lowest BCUT2D eigenvalue weighted by atomic mass is 9.91. The van der Waals surface area contributed by atoms with Crippen LogP contribution in [0.25, 0.3) is 0 Å². The number of phosphoric ester groups is 1. The SMILES string of the molecule is C=CC(=O)OCC(CCCC)(CCCC)OP(=O)(OC(CCCC)(CCCC)COC(=O)C=C)OC(CCCC)(CCCC)COC(=O)C=C. The summed E-state index contributed by atoms with van der Waals surface area (Å²) in [4.78, 5) is 37.3. The van der Waals surface area contributed by atoms with E-state index in [0.717, 1.165) is 56.8 Å². The summed E-state index contributed by atoms with van der Waals surface area (Å²) in [5, 5.41) is 0. The average molecular weight is 729 g/mol. The summed E-state index contributed by atoms with van der Waals surface area (Å²) < 4.78 is 53.1. The summed E-state index contributed by atoms with van der Waals surface area (Å²) in [6.07, 6.45) is 14.7. The second-order valence-corrected chi connectivity index (χ2v) is 14.8. The van der Waals surface area contributed by atoms with E-state index in [2.05, 4.69) is 19.7 Å². The number of ether oxygens (including phenoxy) is 3. The van der Waals surface area contributed by atoms with Crippen molar-refractivity contribution in [2.45, 2.75) is 174 Å². The first-order valence-electron chi connectivity index (χ1n) is 18.9. The number of phosphoric acid groups is 1. The molecule has 0 saturated heterocycles. The van der Waals surface area contributed by atoms with Crippen LogP contribution in [0.15, 0.2) is 38.0 Å². The van der Waals surface area contributed by atoms with Crippen LogP contribution in [0.1, 0.15) is 157 Å². The molecule has 0 aliphatic rings. The molecule has 11 heteroatoms. The normalized spacial score (nSPS) is 12.3. The third-order valence-corrected chi connectivity index (χ3v) is 10.6. The summed E-state index contributed by atoms with van der Waals surface area (Å²) in [6, 6.07) is 0. The van der Waals surface area contributed by atoms with Crippen LogP contribution in [0, 0.1) is 0 Å². The fourth-order valence-corrected chi connectivity index (χ4v) is 7.95. The van der Waals surface area contributed by atoms with Gasteiger partial charge in [-0.05, 0) is 38.5 Å². The summed E-state index contributed by atoms with van der Waals surface area (Å²) in [5.41, 5.74) is -3.71. The first-order chi connectivity index (χ1) is 23.8. The number of carbonyl (C=O) groups is 3. The van der Waals surface area contributed by atoms with Crippen LogP contribution < -0.4 is 0 Å². The summed E-state index contributed by atoms with van der Waals surface area (Å²) in [5.74, 6) is -1.89. The molecule has 0 amide bonds. The van der Waals surface area contributed by atoms with Gasteiger partial charge in [-0.15, -0.1) is 0 Å². The Kier molecular flexibility index (Phi) is 25.3.